The van der Waals surface area contributed by atoms with Crippen LogP contribution in [0.4, 0.5) is 0 Å². The predicted octanol–water partition coefficient (Wildman–Crippen LogP) is 2.85. The second kappa shape index (κ2) is 8.16. The SMILES string of the molecule is Cc1ccccc1OCC#CCNC(=O)C1CC=CCC1. The van der Waals surface area contributed by atoms with Crippen molar-refractivity contribution in [1.82, 2.24) is 5.32 Å². The minimum atomic E-state index is 0.105. The van der Waals surface area contributed by atoms with E-state index in [0.29, 0.717) is 13.2 Å². The number of hydrogen-bond acceptors (Lipinski definition) is 2. The molecule has 0 radical (unpaired) electrons. The van der Waals surface area contributed by atoms with Gasteiger partial charge in [0.05, 0.1) is 6.54 Å². The summed E-state index contributed by atoms with van der Waals surface area (Å²) in [5.41, 5.74) is 1.10. The molecule has 3 heteroatoms. The van der Waals surface area contributed by atoms with Crippen LogP contribution >= 0.6 is 0 Å². The number of hydrogen-bond donors (Lipinski definition) is 1. The van der Waals surface area contributed by atoms with Crippen LogP contribution in [0.5, 0.6) is 5.75 Å². The number of ether oxygens (including phenoxy) is 1. The molecule has 1 aliphatic carbocycles. The second-order valence-corrected chi connectivity index (χ2v) is 5.11. The van der Waals surface area contributed by atoms with E-state index in [2.05, 4.69) is 29.3 Å². The van der Waals surface area contributed by atoms with Crippen LogP contribution in [0.3, 0.4) is 0 Å². The van der Waals surface area contributed by atoms with E-state index in [1.54, 1.807) is 0 Å². The standard InChI is InChI=1S/C18H21NO2/c1-15-9-5-6-12-17(15)21-14-8-7-13-19-18(20)16-10-3-2-4-11-16/h2-3,5-6,9,12,16H,4,10-11,13-14H2,1H3,(H,19,20). The summed E-state index contributed by atoms with van der Waals surface area (Å²) in [6.45, 7) is 2.73. The van der Waals surface area contributed by atoms with Gasteiger partial charge in [0.25, 0.3) is 0 Å². The molecular weight excluding hydrogens is 262 g/mol. The van der Waals surface area contributed by atoms with Gasteiger partial charge >= 0.3 is 0 Å². The number of benzene rings is 1. The van der Waals surface area contributed by atoms with Gasteiger partial charge in [0.15, 0.2) is 0 Å². The number of carbonyl (C=O) groups excluding carboxylic acids is 1. The maximum atomic E-state index is 11.9. The lowest BCUT2D eigenvalue weighted by Crippen LogP contribution is -2.31. The minimum Gasteiger partial charge on any atom is -0.481 e. The molecule has 0 heterocycles. The Balaban J connectivity index is 1.66. The summed E-state index contributed by atoms with van der Waals surface area (Å²) in [6.07, 6.45) is 6.98. The first-order valence-electron chi connectivity index (χ1n) is 7.34. The van der Waals surface area contributed by atoms with Gasteiger partial charge in [-0.15, -0.1) is 0 Å². The molecule has 1 amide bonds. The van der Waals surface area contributed by atoms with E-state index in [1.807, 2.05) is 31.2 Å². The summed E-state index contributed by atoms with van der Waals surface area (Å²) in [7, 11) is 0. The van der Waals surface area contributed by atoms with Crippen molar-refractivity contribution in [2.45, 2.75) is 26.2 Å². The van der Waals surface area contributed by atoms with E-state index in [4.69, 9.17) is 4.74 Å². The highest BCUT2D eigenvalue weighted by atomic mass is 16.5. The fraction of sp³-hybridized carbons (Fsp3) is 0.389. The van der Waals surface area contributed by atoms with Gasteiger partial charge in [-0.3, -0.25) is 4.79 Å². The highest BCUT2D eigenvalue weighted by Crippen LogP contribution is 2.17. The topological polar surface area (TPSA) is 38.3 Å². The van der Waals surface area contributed by atoms with E-state index < -0.39 is 0 Å². The maximum Gasteiger partial charge on any atom is 0.224 e. The molecule has 1 aromatic rings. The molecule has 0 fully saturated rings. The van der Waals surface area contributed by atoms with Crippen LogP contribution in [-0.2, 0) is 4.79 Å². The monoisotopic (exact) mass is 283 g/mol. The average Bonchev–Trinajstić information content (AvgIpc) is 2.53. The van der Waals surface area contributed by atoms with Crippen molar-refractivity contribution in [3.63, 3.8) is 0 Å². The van der Waals surface area contributed by atoms with E-state index in [0.717, 1.165) is 30.6 Å². The molecule has 21 heavy (non-hydrogen) atoms. The molecule has 0 spiro atoms. The first-order valence-corrected chi connectivity index (χ1v) is 7.34. The van der Waals surface area contributed by atoms with Crippen LogP contribution in [0.15, 0.2) is 36.4 Å². The summed E-state index contributed by atoms with van der Waals surface area (Å²) in [4.78, 5) is 11.9. The zero-order valence-corrected chi connectivity index (χ0v) is 12.4. The number of aryl methyl sites for hydroxylation is 1. The number of amides is 1. The molecule has 1 atom stereocenters. The summed E-state index contributed by atoms with van der Waals surface area (Å²) in [5, 5.41) is 2.86. The minimum absolute atomic E-state index is 0.105. The van der Waals surface area contributed by atoms with Gasteiger partial charge in [-0.05, 0) is 37.8 Å². The highest BCUT2D eigenvalue weighted by molar-refractivity contribution is 5.79. The maximum absolute atomic E-state index is 11.9. The van der Waals surface area contributed by atoms with Crippen molar-refractivity contribution in [1.29, 1.82) is 0 Å². The third kappa shape index (κ3) is 5.00. The lowest BCUT2D eigenvalue weighted by atomic mass is 9.94. The first-order chi connectivity index (χ1) is 10.3. The Kier molecular flexibility index (Phi) is 5.90. The van der Waals surface area contributed by atoms with E-state index >= 15 is 0 Å². The molecule has 1 aliphatic rings. The smallest absolute Gasteiger partial charge is 0.224 e. The normalized spacial score (nSPS) is 16.7. The van der Waals surface area contributed by atoms with E-state index in [9.17, 15) is 4.79 Å². The summed E-state index contributed by atoms with van der Waals surface area (Å²) < 4.78 is 5.56. The van der Waals surface area contributed by atoms with E-state index in [1.165, 1.54) is 0 Å². The average molecular weight is 283 g/mol. The van der Waals surface area contributed by atoms with Gasteiger partial charge in [-0.25, -0.2) is 0 Å². The highest BCUT2D eigenvalue weighted by Gasteiger charge is 2.17. The molecule has 0 aliphatic heterocycles. The largest absolute Gasteiger partial charge is 0.481 e. The Bertz CT molecular complexity index is 566. The third-order valence-electron chi connectivity index (χ3n) is 3.51. The van der Waals surface area contributed by atoms with Crippen molar-refractivity contribution < 1.29 is 9.53 Å². The predicted molar refractivity (Wildman–Crippen MR) is 83.9 cm³/mol. The molecule has 0 saturated heterocycles. The number of nitrogens with one attached hydrogen (secondary N) is 1. The van der Waals surface area contributed by atoms with Gasteiger partial charge in [0.2, 0.25) is 5.91 Å². The molecule has 1 unspecified atom stereocenters. The van der Waals surface area contributed by atoms with Crippen molar-refractivity contribution >= 4 is 5.91 Å². The quantitative estimate of drug-likeness (QED) is 0.681. The van der Waals surface area contributed by atoms with Crippen LogP contribution in [0.1, 0.15) is 24.8 Å². The summed E-state index contributed by atoms with van der Waals surface area (Å²) in [6, 6.07) is 7.84. The molecule has 3 nitrogen and oxygen atoms in total. The van der Waals surface area contributed by atoms with Crippen molar-refractivity contribution in [3.8, 4) is 17.6 Å². The number of carbonyl (C=O) groups is 1. The molecule has 1 aromatic carbocycles. The fourth-order valence-corrected chi connectivity index (χ4v) is 2.25. The summed E-state index contributed by atoms with van der Waals surface area (Å²) in [5.74, 6) is 6.91. The Morgan fingerprint density at radius 2 is 2.19 bits per heavy atom. The Labute approximate surface area is 126 Å². The van der Waals surface area contributed by atoms with Gasteiger partial charge in [-0.2, -0.15) is 0 Å². The lowest BCUT2D eigenvalue weighted by molar-refractivity contribution is -0.124. The molecule has 1 N–H and O–H groups in total. The number of para-hydroxylation sites is 1. The lowest BCUT2D eigenvalue weighted by Gasteiger charge is -2.16. The van der Waals surface area contributed by atoms with Gasteiger partial charge in [-0.1, -0.05) is 42.2 Å². The van der Waals surface area contributed by atoms with Crippen molar-refractivity contribution in [3.05, 3.63) is 42.0 Å². The van der Waals surface area contributed by atoms with Crippen LogP contribution < -0.4 is 10.1 Å². The third-order valence-corrected chi connectivity index (χ3v) is 3.51. The zero-order chi connectivity index (χ0) is 14.9. The fourth-order valence-electron chi connectivity index (χ4n) is 2.25. The zero-order valence-electron chi connectivity index (χ0n) is 12.4. The summed E-state index contributed by atoms with van der Waals surface area (Å²) >= 11 is 0. The molecule has 0 bridgehead atoms. The molecular formula is C18H21NO2. The van der Waals surface area contributed by atoms with Gasteiger partial charge in [0, 0.05) is 5.92 Å². The molecule has 0 aromatic heterocycles. The van der Waals surface area contributed by atoms with Crippen molar-refractivity contribution in [2.75, 3.05) is 13.2 Å². The molecule has 110 valence electrons. The number of rotatable bonds is 4. The Morgan fingerprint density at radius 3 is 2.95 bits per heavy atom. The van der Waals surface area contributed by atoms with Gasteiger partial charge in [0.1, 0.15) is 12.4 Å². The molecule has 0 saturated carbocycles. The van der Waals surface area contributed by atoms with Gasteiger partial charge < -0.3 is 10.1 Å². The Hall–Kier alpha value is -2.21. The van der Waals surface area contributed by atoms with Crippen LogP contribution in [0, 0.1) is 24.7 Å². The van der Waals surface area contributed by atoms with Crippen LogP contribution in [0.25, 0.3) is 0 Å². The first kappa shape index (κ1) is 15.2. The molecule has 2 rings (SSSR count). The van der Waals surface area contributed by atoms with Crippen molar-refractivity contribution in [2.24, 2.45) is 5.92 Å². The Morgan fingerprint density at radius 1 is 1.33 bits per heavy atom. The number of allylic oxidation sites excluding steroid dienone is 2. The van der Waals surface area contributed by atoms with E-state index in [-0.39, 0.29) is 11.8 Å². The van der Waals surface area contributed by atoms with Crippen LogP contribution in [0.2, 0.25) is 0 Å². The second-order valence-electron chi connectivity index (χ2n) is 5.11. The van der Waals surface area contributed by atoms with Crippen LogP contribution in [-0.4, -0.2) is 19.1 Å².